The van der Waals surface area contributed by atoms with Gasteiger partial charge in [0.25, 0.3) is 0 Å². The fourth-order valence-electron chi connectivity index (χ4n) is 11.3. The smallest absolute Gasteiger partial charge is 0.344 e. The molecule has 47 heavy (non-hydrogen) atoms. The molecule has 5 heteroatoms. The third-order valence-corrected chi connectivity index (χ3v) is 14.0. The number of hydrogen-bond donors (Lipinski definition) is 0. The summed E-state index contributed by atoms with van der Waals surface area (Å²) in [6, 6.07) is 5.54. The Labute approximate surface area is 282 Å². The van der Waals surface area contributed by atoms with E-state index in [1.807, 2.05) is 12.1 Å². The molecular formula is C42H58O5. The molecule has 8 atom stereocenters. The van der Waals surface area contributed by atoms with Crippen LogP contribution in [0.25, 0.3) is 11.0 Å². The molecule has 1 heterocycles. The van der Waals surface area contributed by atoms with Gasteiger partial charge < -0.3 is 13.9 Å². The SMILES string of the molecule is CC(C)CCC[C@@H](C)[C@H]1CC[C@H]2[C@H]3CC=C4C[C@@H](OC(=O)COc5ccc6c7c(c(=O)oc6c5)CCC7)CC[C@]4(C)[C@@H]3CC[C@]2(C)C1. The van der Waals surface area contributed by atoms with Crippen LogP contribution in [0.2, 0.25) is 0 Å². The van der Waals surface area contributed by atoms with Crippen LogP contribution in [-0.4, -0.2) is 18.7 Å². The summed E-state index contributed by atoms with van der Waals surface area (Å²) >= 11 is 0. The van der Waals surface area contributed by atoms with Crippen LogP contribution in [-0.2, 0) is 22.4 Å². The van der Waals surface area contributed by atoms with Crippen LogP contribution in [0.4, 0.5) is 0 Å². The summed E-state index contributed by atoms with van der Waals surface area (Å²) in [6.07, 6.45) is 20.4. The fraction of sp³-hybridized carbons (Fsp3) is 0.714. The normalized spacial score (nSPS) is 33.7. The van der Waals surface area contributed by atoms with Crippen LogP contribution in [0.3, 0.4) is 0 Å². The summed E-state index contributed by atoms with van der Waals surface area (Å²) in [7, 11) is 0. The van der Waals surface area contributed by atoms with Gasteiger partial charge in [-0.3, -0.25) is 0 Å². The lowest BCUT2D eigenvalue weighted by molar-refractivity contribution is -0.154. The summed E-state index contributed by atoms with van der Waals surface area (Å²) < 4.78 is 17.4. The van der Waals surface area contributed by atoms with Gasteiger partial charge in [-0.05, 0) is 135 Å². The number of esters is 1. The standard InChI is InChI=1S/C42H58O5/c1-26(2)8-6-9-27(3)28-12-17-36-35-15-13-29-22-31(18-21-42(29,5)37(35)19-20-41(36,4)24-28)46-39(43)25-45-30-14-16-33-32-10-7-11-34(32)40(44)47-38(33)23-30/h13-14,16,23,26-28,31,35-37H,6-12,15,17-22,24-25H2,1-5H3/t27-,28+,31+,35-,36+,37-,41-,42+/m1/s1. The summed E-state index contributed by atoms with van der Waals surface area (Å²) in [6.45, 7) is 12.3. The quantitative estimate of drug-likeness (QED) is 0.155. The molecular weight excluding hydrogens is 584 g/mol. The van der Waals surface area contributed by atoms with Crippen molar-refractivity contribution in [1.29, 1.82) is 0 Å². The first-order valence-corrected chi connectivity index (χ1v) is 19.1. The van der Waals surface area contributed by atoms with E-state index in [-0.39, 0.29) is 29.7 Å². The second-order valence-electron chi connectivity index (χ2n) is 17.3. The van der Waals surface area contributed by atoms with Gasteiger partial charge in [-0.25, -0.2) is 9.59 Å². The first kappa shape index (κ1) is 33.0. The lowest BCUT2D eigenvalue weighted by Crippen LogP contribution is -2.52. The zero-order valence-electron chi connectivity index (χ0n) is 29.7. The highest BCUT2D eigenvalue weighted by Crippen LogP contribution is 2.65. The number of aryl methyl sites for hydroxylation is 1. The largest absolute Gasteiger partial charge is 0.482 e. The minimum atomic E-state index is -0.327. The Morgan fingerprint density at radius 1 is 1.00 bits per heavy atom. The van der Waals surface area contributed by atoms with Crippen LogP contribution in [0.5, 0.6) is 5.75 Å². The molecule has 0 spiro atoms. The highest BCUT2D eigenvalue weighted by atomic mass is 16.6. The maximum absolute atomic E-state index is 12.9. The molecule has 0 radical (unpaired) electrons. The molecule has 1 aromatic carbocycles. The monoisotopic (exact) mass is 642 g/mol. The number of fused-ring (bicyclic) bond motifs is 8. The molecule has 3 fully saturated rings. The molecule has 1 aromatic heterocycles. The van der Waals surface area contributed by atoms with Crippen molar-refractivity contribution < 1.29 is 18.7 Å². The van der Waals surface area contributed by atoms with Crippen LogP contribution in [0.15, 0.2) is 39.1 Å². The Hall–Kier alpha value is -2.56. The van der Waals surface area contributed by atoms with E-state index in [2.05, 4.69) is 40.7 Å². The summed E-state index contributed by atoms with van der Waals surface area (Å²) in [5, 5.41) is 0.970. The lowest BCUT2D eigenvalue weighted by atomic mass is 9.44. The highest BCUT2D eigenvalue weighted by molar-refractivity contribution is 5.83. The summed E-state index contributed by atoms with van der Waals surface area (Å²) in [4.78, 5) is 25.3. The zero-order chi connectivity index (χ0) is 32.9. The van der Waals surface area contributed by atoms with Crippen molar-refractivity contribution in [1.82, 2.24) is 0 Å². The molecule has 0 N–H and O–H groups in total. The van der Waals surface area contributed by atoms with Gasteiger partial charge in [-0.15, -0.1) is 0 Å². The zero-order valence-corrected chi connectivity index (χ0v) is 29.7. The van der Waals surface area contributed by atoms with Crippen LogP contribution >= 0.6 is 0 Å². The third-order valence-electron chi connectivity index (χ3n) is 14.0. The van der Waals surface area contributed by atoms with Gasteiger partial charge in [0.15, 0.2) is 6.61 Å². The molecule has 0 aliphatic heterocycles. The molecule has 0 unspecified atom stereocenters. The first-order valence-electron chi connectivity index (χ1n) is 19.1. The number of hydrogen-bond acceptors (Lipinski definition) is 5. The molecule has 3 saturated carbocycles. The van der Waals surface area contributed by atoms with E-state index in [0.717, 1.165) is 90.5 Å². The topological polar surface area (TPSA) is 65.7 Å². The van der Waals surface area contributed by atoms with Gasteiger partial charge in [0.2, 0.25) is 0 Å². The minimum absolute atomic E-state index is 0.0827. The van der Waals surface area contributed by atoms with E-state index < -0.39 is 0 Å². The van der Waals surface area contributed by atoms with Gasteiger partial charge in [-0.2, -0.15) is 0 Å². The highest BCUT2D eigenvalue weighted by Gasteiger charge is 2.56. The average Bonchev–Trinajstić information content (AvgIpc) is 3.54. The van der Waals surface area contributed by atoms with Crippen molar-refractivity contribution >= 4 is 16.9 Å². The Bertz CT molecular complexity index is 1570. The maximum atomic E-state index is 12.9. The number of carbonyl (C=O) groups is 1. The van der Waals surface area contributed by atoms with Crippen molar-refractivity contribution in [3.8, 4) is 5.75 Å². The second kappa shape index (κ2) is 13.0. The average molecular weight is 643 g/mol. The second-order valence-corrected chi connectivity index (χ2v) is 17.3. The Morgan fingerprint density at radius 3 is 2.66 bits per heavy atom. The molecule has 2 aromatic rings. The lowest BCUT2D eigenvalue weighted by Gasteiger charge is -2.61. The number of benzene rings is 1. The van der Waals surface area contributed by atoms with Crippen molar-refractivity contribution in [3.05, 3.63) is 51.4 Å². The van der Waals surface area contributed by atoms with Gasteiger partial charge >= 0.3 is 11.6 Å². The third kappa shape index (κ3) is 6.34. The maximum Gasteiger partial charge on any atom is 0.344 e. The minimum Gasteiger partial charge on any atom is -0.482 e. The van der Waals surface area contributed by atoms with Gasteiger partial charge in [0, 0.05) is 23.4 Å². The molecule has 0 bridgehead atoms. The molecule has 5 aliphatic rings. The van der Waals surface area contributed by atoms with E-state index in [9.17, 15) is 9.59 Å². The number of ether oxygens (including phenoxy) is 2. The number of rotatable bonds is 9. The van der Waals surface area contributed by atoms with Crippen molar-refractivity contribution in [2.75, 3.05) is 6.61 Å². The van der Waals surface area contributed by atoms with Gasteiger partial charge in [0.05, 0.1) is 0 Å². The number of carbonyl (C=O) groups excluding carboxylic acids is 1. The van der Waals surface area contributed by atoms with E-state index in [1.165, 1.54) is 63.4 Å². The van der Waals surface area contributed by atoms with Gasteiger partial charge in [-0.1, -0.05) is 65.5 Å². The molecule has 0 saturated heterocycles. The van der Waals surface area contributed by atoms with E-state index >= 15 is 0 Å². The van der Waals surface area contributed by atoms with Crippen molar-refractivity contribution in [3.63, 3.8) is 0 Å². The van der Waals surface area contributed by atoms with E-state index in [1.54, 1.807) is 6.07 Å². The number of allylic oxidation sites excluding steroid dienone is 1. The van der Waals surface area contributed by atoms with Crippen molar-refractivity contribution in [2.45, 2.75) is 137 Å². The fourth-order valence-corrected chi connectivity index (χ4v) is 11.3. The van der Waals surface area contributed by atoms with Gasteiger partial charge in [0.1, 0.15) is 17.4 Å². The van der Waals surface area contributed by atoms with E-state index in [0.29, 0.717) is 16.7 Å². The summed E-state index contributed by atoms with van der Waals surface area (Å²) in [5.74, 6) is 5.20. The van der Waals surface area contributed by atoms with Crippen LogP contribution in [0.1, 0.15) is 129 Å². The van der Waals surface area contributed by atoms with Crippen molar-refractivity contribution in [2.24, 2.45) is 46.3 Å². The Morgan fingerprint density at radius 2 is 1.83 bits per heavy atom. The Kier molecular flexibility index (Phi) is 9.15. The van der Waals surface area contributed by atoms with Crippen LogP contribution in [0, 0.1) is 46.3 Å². The van der Waals surface area contributed by atoms with E-state index in [4.69, 9.17) is 13.9 Å². The predicted molar refractivity (Wildman–Crippen MR) is 188 cm³/mol. The molecule has 5 aliphatic carbocycles. The summed E-state index contributed by atoms with van der Waals surface area (Å²) in [5.41, 5.74) is 4.46. The molecule has 5 nitrogen and oxygen atoms in total. The van der Waals surface area contributed by atoms with Crippen LogP contribution < -0.4 is 10.4 Å². The first-order chi connectivity index (χ1) is 22.5. The predicted octanol–water partition coefficient (Wildman–Crippen LogP) is 10.0. The molecule has 256 valence electrons. The molecule has 0 amide bonds. The molecule has 7 rings (SSSR count). The Balaban J connectivity index is 0.940.